The maximum absolute atomic E-state index is 12.6. The van der Waals surface area contributed by atoms with Gasteiger partial charge in [0.2, 0.25) is 0 Å². The van der Waals surface area contributed by atoms with Crippen molar-refractivity contribution >= 4 is 16.8 Å². The van der Waals surface area contributed by atoms with E-state index in [-0.39, 0.29) is 24.5 Å². The van der Waals surface area contributed by atoms with E-state index in [1.807, 2.05) is 24.3 Å². The van der Waals surface area contributed by atoms with Crippen LogP contribution in [0.15, 0.2) is 36.5 Å². The Hall–Kier alpha value is -1.94. The fourth-order valence-electron chi connectivity index (χ4n) is 3.16. The van der Waals surface area contributed by atoms with E-state index in [2.05, 4.69) is 10.3 Å². The second-order valence-corrected chi connectivity index (χ2v) is 5.68. The number of nitrogens with zero attached hydrogens (tertiary/aromatic N) is 1. The number of aliphatic hydroxyl groups excluding tert-OH is 1. The summed E-state index contributed by atoms with van der Waals surface area (Å²) in [7, 11) is 0. The van der Waals surface area contributed by atoms with Crippen LogP contribution in [0.1, 0.15) is 36.0 Å². The fraction of sp³-hybridized carbons (Fsp3) is 0.412. The molecule has 1 aliphatic carbocycles. The summed E-state index contributed by atoms with van der Waals surface area (Å²) in [6, 6.07) is 9.49. The summed E-state index contributed by atoms with van der Waals surface area (Å²) in [5.41, 5.74) is 1.48. The maximum Gasteiger partial charge on any atom is 0.252 e. The Morgan fingerprint density at radius 3 is 2.90 bits per heavy atom. The number of nitrogens with one attached hydrogen (secondary N) is 1. The molecule has 0 spiro atoms. The maximum atomic E-state index is 12.6. The number of hydrogen-bond donors (Lipinski definition) is 2. The Bertz CT molecular complexity index is 636. The molecule has 1 aliphatic rings. The normalized spacial score (nSPS) is 22.1. The summed E-state index contributed by atoms with van der Waals surface area (Å²) in [5.74, 6) is 0.106. The molecule has 1 heterocycles. The highest BCUT2D eigenvalue weighted by molar-refractivity contribution is 6.06. The Kier molecular flexibility index (Phi) is 4.15. The SMILES string of the molecule is O=C(NC1CCCCC1CO)c1ccnc2ccccc12. The number of amides is 1. The smallest absolute Gasteiger partial charge is 0.252 e. The predicted octanol–water partition coefficient (Wildman–Crippen LogP) is 2.52. The van der Waals surface area contributed by atoms with Gasteiger partial charge >= 0.3 is 0 Å². The van der Waals surface area contributed by atoms with Crippen LogP contribution in [0.25, 0.3) is 10.9 Å². The molecule has 0 aliphatic heterocycles. The minimum absolute atomic E-state index is 0.0704. The van der Waals surface area contributed by atoms with E-state index >= 15 is 0 Å². The van der Waals surface area contributed by atoms with E-state index in [0.717, 1.165) is 36.6 Å². The standard InChI is InChI=1S/C17H20N2O2/c20-11-12-5-1-3-7-15(12)19-17(21)14-9-10-18-16-8-4-2-6-13(14)16/h2,4,6,8-10,12,15,20H,1,3,5,7,11H2,(H,19,21). The number of para-hydroxylation sites is 1. The lowest BCUT2D eigenvalue weighted by molar-refractivity contribution is 0.0874. The van der Waals surface area contributed by atoms with Gasteiger partial charge in [-0.05, 0) is 25.0 Å². The van der Waals surface area contributed by atoms with Gasteiger partial charge in [-0.2, -0.15) is 0 Å². The van der Waals surface area contributed by atoms with Crippen molar-refractivity contribution in [3.8, 4) is 0 Å². The van der Waals surface area contributed by atoms with Crippen LogP contribution in [0.5, 0.6) is 0 Å². The van der Waals surface area contributed by atoms with Crippen LogP contribution in [0, 0.1) is 5.92 Å². The summed E-state index contributed by atoms with van der Waals surface area (Å²) >= 11 is 0. The van der Waals surface area contributed by atoms with Gasteiger partial charge < -0.3 is 10.4 Å². The average molecular weight is 284 g/mol. The van der Waals surface area contributed by atoms with Gasteiger partial charge in [-0.1, -0.05) is 31.0 Å². The lowest BCUT2D eigenvalue weighted by Crippen LogP contribution is -2.43. The van der Waals surface area contributed by atoms with Crippen molar-refractivity contribution in [2.75, 3.05) is 6.61 Å². The molecule has 2 N–H and O–H groups in total. The number of carbonyl (C=O) groups is 1. The molecule has 4 heteroatoms. The van der Waals surface area contributed by atoms with Crippen molar-refractivity contribution in [3.63, 3.8) is 0 Å². The van der Waals surface area contributed by atoms with E-state index < -0.39 is 0 Å². The molecule has 1 saturated carbocycles. The van der Waals surface area contributed by atoms with Crippen LogP contribution in [-0.4, -0.2) is 28.6 Å². The number of hydrogen-bond acceptors (Lipinski definition) is 3. The summed E-state index contributed by atoms with van der Waals surface area (Å²) in [6.07, 6.45) is 5.84. The second kappa shape index (κ2) is 6.22. The van der Waals surface area contributed by atoms with E-state index in [0.29, 0.717) is 5.56 Å². The number of aliphatic hydroxyl groups is 1. The highest BCUT2D eigenvalue weighted by Crippen LogP contribution is 2.25. The summed E-state index contributed by atoms with van der Waals surface area (Å²) in [5, 5.41) is 13.4. The first-order valence-corrected chi connectivity index (χ1v) is 7.55. The summed E-state index contributed by atoms with van der Waals surface area (Å²) in [4.78, 5) is 16.9. The Balaban J connectivity index is 1.84. The van der Waals surface area contributed by atoms with Gasteiger partial charge in [-0.15, -0.1) is 0 Å². The van der Waals surface area contributed by atoms with Gasteiger partial charge in [0.25, 0.3) is 5.91 Å². The van der Waals surface area contributed by atoms with Crippen LogP contribution in [0.2, 0.25) is 0 Å². The van der Waals surface area contributed by atoms with Crippen LogP contribution in [-0.2, 0) is 0 Å². The Morgan fingerprint density at radius 2 is 2.05 bits per heavy atom. The fourth-order valence-corrected chi connectivity index (χ4v) is 3.16. The molecule has 4 nitrogen and oxygen atoms in total. The third kappa shape index (κ3) is 2.90. The molecule has 1 aromatic carbocycles. The van der Waals surface area contributed by atoms with Gasteiger partial charge in [0, 0.05) is 30.1 Å². The number of aromatic nitrogens is 1. The molecule has 0 saturated heterocycles. The molecular weight excluding hydrogens is 264 g/mol. The molecule has 2 unspecified atom stereocenters. The highest BCUT2D eigenvalue weighted by Gasteiger charge is 2.26. The lowest BCUT2D eigenvalue weighted by Gasteiger charge is -2.31. The highest BCUT2D eigenvalue weighted by atomic mass is 16.3. The minimum Gasteiger partial charge on any atom is -0.396 e. The number of carbonyl (C=O) groups excluding carboxylic acids is 1. The monoisotopic (exact) mass is 284 g/mol. The van der Waals surface area contributed by atoms with Crippen molar-refractivity contribution in [3.05, 3.63) is 42.1 Å². The van der Waals surface area contributed by atoms with Crippen LogP contribution in [0.3, 0.4) is 0 Å². The van der Waals surface area contributed by atoms with E-state index in [1.54, 1.807) is 12.3 Å². The van der Waals surface area contributed by atoms with Gasteiger partial charge in [-0.3, -0.25) is 9.78 Å². The topological polar surface area (TPSA) is 62.2 Å². The van der Waals surface area contributed by atoms with Crippen LogP contribution < -0.4 is 5.32 Å². The van der Waals surface area contributed by atoms with Crippen molar-refractivity contribution < 1.29 is 9.90 Å². The molecule has 0 bridgehead atoms. The zero-order valence-corrected chi connectivity index (χ0v) is 12.0. The summed E-state index contributed by atoms with van der Waals surface area (Å²) < 4.78 is 0. The van der Waals surface area contributed by atoms with Crippen molar-refractivity contribution in [1.82, 2.24) is 10.3 Å². The third-order valence-corrected chi connectivity index (χ3v) is 4.35. The molecule has 1 fully saturated rings. The average Bonchev–Trinajstić information content (AvgIpc) is 2.54. The van der Waals surface area contributed by atoms with Crippen LogP contribution >= 0.6 is 0 Å². The first kappa shape index (κ1) is 14.0. The Morgan fingerprint density at radius 1 is 1.24 bits per heavy atom. The Labute approximate surface area is 124 Å². The van der Waals surface area contributed by atoms with Crippen LogP contribution in [0.4, 0.5) is 0 Å². The van der Waals surface area contributed by atoms with Gasteiger partial charge in [0.1, 0.15) is 0 Å². The predicted molar refractivity (Wildman–Crippen MR) is 82.0 cm³/mol. The lowest BCUT2D eigenvalue weighted by atomic mass is 9.85. The van der Waals surface area contributed by atoms with Gasteiger partial charge in [-0.25, -0.2) is 0 Å². The van der Waals surface area contributed by atoms with Gasteiger partial charge in [0.15, 0.2) is 0 Å². The molecule has 21 heavy (non-hydrogen) atoms. The molecule has 3 rings (SSSR count). The van der Waals surface area contributed by atoms with E-state index in [1.165, 1.54) is 0 Å². The molecule has 110 valence electrons. The molecule has 2 atom stereocenters. The molecular formula is C17H20N2O2. The zero-order chi connectivity index (χ0) is 14.7. The zero-order valence-electron chi connectivity index (χ0n) is 12.0. The molecule has 0 radical (unpaired) electrons. The molecule has 2 aromatic rings. The first-order chi connectivity index (χ1) is 10.3. The van der Waals surface area contributed by atoms with Crippen molar-refractivity contribution in [2.45, 2.75) is 31.7 Å². The molecule has 1 aromatic heterocycles. The third-order valence-electron chi connectivity index (χ3n) is 4.35. The quantitative estimate of drug-likeness (QED) is 0.910. The first-order valence-electron chi connectivity index (χ1n) is 7.55. The number of benzene rings is 1. The summed E-state index contributed by atoms with van der Waals surface area (Å²) in [6.45, 7) is 0.141. The minimum atomic E-state index is -0.0704. The van der Waals surface area contributed by atoms with E-state index in [9.17, 15) is 9.90 Å². The van der Waals surface area contributed by atoms with Crippen molar-refractivity contribution in [2.24, 2.45) is 5.92 Å². The van der Waals surface area contributed by atoms with Gasteiger partial charge in [0.05, 0.1) is 11.1 Å². The largest absolute Gasteiger partial charge is 0.396 e. The van der Waals surface area contributed by atoms with Crippen molar-refractivity contribution in [1.29, 1.82) is 0 Å². The number of fused-ring (bicyclic) bond motifs is 1. The molecule has 1 amide bonds. The number of pyridine rings is 1. The second-order valence-electron chi connectivity index (χ2n) is 5.68. The number of rotatable bonds is 3. The van der Waals surface area contributed by atoms with E-state index in [4.69, 9.17) is 0 Å².